The monoisotopic (exact) mass is 244 g/mol. The van der Waals surface area contributed by atoms with E-state index in [1.165, 1.54) is 22.2 Å². The van der Waals surface area contributed by atoms with Gasteiger partial charge in [-0.05, 0) is 26.0 Å². The molecule has 0 spiro atoms. The number of para-hydroxylation sites is 1. The van der Waals surface area contributed by atoms with Crippen LogP contribution < -0.4 is 5.32 Å². The van der Waals surface area contributed by atoms with E-state index in [9.17, 15) is 0 Å². The van der Waals surface area contributed by atoms with Crippen molar-refractivity contribution in [2.45, 2.75) is 19.4 Å². The molecule has 1 saturated heterocycles. The third-order valence-electron chi connectivity index (χ3n) is 3.92. The Morgan fingerprint density at radius 1 is 1.33 bits per heavy atom. The van der Waals surface area contributed by atoms with Crippen LogP contribution in [0.15, 0.2) is 24.3 Å². The molecular weight excluding hydrogens is 224 g/mol. The maximum absolute atomic E-state index is 6.02. The maximum atomic E-state index is 6.02. The van der Waals surface area contributed by atoms with Gasteiger partial charge in [0, 0.05) is 42.4 Å². The van der Waals surface area contributed by atoms with Crippen molar-refractivity contribution >= 4 is 10.9 Å². The fourth-order valence-corrected chi connectivity index (χ4v) is 2.86. The maximum Gasteiger partial charge on any atom is 0.0972 e. The summed E-state index contributed by atoms with van der Waals surface area (Å²) in [6.45, 7) is 5.00. The third-order valence-corrected chi connectivity index (χ3v) is 3.92. The van der Waals surface area contributed by atoms with Crippen molar-refractivity contribution < 1.29 is 4.74 Å². The van der Waals surface area contributed by atoms with Crippen LogP contribution in [0.25, 0.3) is 10.9 Å². The molecule has 1 aliphatic rings. The van der Waals surface area contributed by atoms with Crippen LogP contribution in [0, 0.1) is 6.92 Å². The van der Waals surface area contributed by atoms with Crippen molar-refractivity contribution in [3.05, 3.63) is 35.5 Å². The summed E-state index contributed by atoms with van der Waals surface area (Å²) in [5.41, 5.74) is 3.95. The smallest absolute Gasteiger partial charge is 0.0972 e. The van der Waals surface area contributed by atoms with Crippen molar-refractivity contribution in [3.8, 4) is 0 Å². The van der Waals surface area contributed by atoms with Crippen LogP contribution in [0.5, 0.6) is 0 Å². The highest BCUT2D eigenvalue weighted by atomic mass is 16.5. The highest BCUT2D eigenvalue weighted by molar-refractivity contribution is 5.85. The molecule has 1 unspecified atom stereocenters. The second kappa shape index (κ2) is 4.75. The predicted octanol–water partition coefficient (Wildman–Crippen LogP) is 2.54. The molecule has 1 atom stereocenters. The fourth-order valence-electron chi connectivity index (χ4n) is 2.86. The topological polar surface area (TPSA) is 26.2 Å². The van der Waals surface area contributed by atoms with Crippen LogP contribution in [0.4, 0.5) is 0 Å². The van der Waals surface area contributed by atoms with Crippen LogP contribution in [0.3, 0.4) is 0 Å². The lowest BCUT2D eigenvalue weighted by atomic mass is 10.1. The Bertz CT molecular complexity index is 551. The second-order valence-corrected chi connectivity index (χ2v) is 4.99. The summed E-state index contributed by atoms with van der Waals surface area (Å²) in [6, 6.07) is 8.58. The minimum Gasteiger partial charge on any atom is -0.372 e. The molecule has 2 aromatic rings. The standard InChI is InChI=1S/C15H20N2O/c1-11-15(14-10-16-8-5-9-18-14)12-6-3-4-7-13(12)17(11)2/h3-4,6-7,14,16H,5,8-10H2,1-2H3. The first-order valence-electron chi connectivity index (χ1n) is 6.65. The van der Waals surface area contributed by atoms with E-state index < -0.39 is 0 Å². The van der Waals surface area contributed by atoms with Crippen molar-refractivity contribution in [2.75, 3.05) is 19.7 Å². The molecule has 0 bridgehead atoms. The van der Waals surface area contributed by atoms with Crippen LogP contribution >= 0.6 is 0 Å². The zero-order valence-corrected chi connectivity index (χ0v) is 11.1. The molecule has 3 rings (SSSR count). The Hall–Kier alpha value is -1.32. The van der Waals surface area contributed by atoms with Crippen LogP contribution in [-0.2, 0) is 11.8 Å². The molecule has 0 aliphatic carbocycles. The number of ether oxygens (including phenoxy) is 1. The number of fused-ring (bicyclic) bond motifs is 1. The Labute approximate surface area is 108 Å². The molecule has 96 valence electrons. The van der Waals surface area contributed by atoms with E-state index in [4.69, 9.17) is 4.74 Å². The van der Waals surface area contributed by atoms with E-state index in [0.717, 1.165) is 26.1 Å². The lowest BCUT2D eigenvalue weighted by molar-refractivity contribution is 0.0673. The van der Waals surface area contributed by atoms with Gasteiger partial charge in [0.2, 0.25) is 0 Å². The van der Waals surface area contributed by atoms with Gasteiger partial charge in [0.15, 0.2) is 0 Å². The summed E-state index contributed by atoms with van der Waals surface area (Å²) in [6.07, 6.45) is 1.28. The molecular formula is C15H20N2O. The quantitative estimate of drug-likeness (QED) is 0.834. The van der Waals surface area contributed by atoms with E-state index in [0.29, 0.717) is 0 Å². The molecule has 2 heterocycles. The summed E-state index contributed by atoms with van der Waals surface area (Å²) in [7, 11) is 2.13. The Morgan fingerprint density at radius 3 is 3.06 bits per heavy atom. The van der Waals surface area contributed by atoms with Gasteiger partial charge < -0.3 is 14.6 Å². The first kappa shape index (κ1) is 11.8. The predicted molar refractivity (Wildman–Crippen MR) is 73.8 cm³/mol. The number of hydrogen-bond acceptors (Lipinski definition) is 2. The molecule has 1 fully saturated rings. The van der Waals surface area contributed by atoms with E-state index in [2.05, 4.69) is 48.1 Å². The molecule has 3 heteroatoms. The number of aromatic nitrogens is 1. The first-order valence-corrected chi connectivity index (χ1v) is 6.65. The van der Waals surface area contributed by atoms with Gasteiger partial charge in [-0.1, -0.05) is 18.2 Å². The molecule has 18 heavy (non-hydrogen) atoms. The summed E-state index contributed by atoms with van der Waals surface area (Å²) < 4.78 is 8.28. The summed E-state index contributed by atoms with van der Waals surface area (Å²) in [5.74, 6) is 0. The lowest BCUT2D eigenvalue weighted by Gasteiger charge is -2.16. The van der Waals surface area contributed by atoms with Crippen molar-refractivity contribution in [3.63, 3.8) is 0 Å². The van der Waals surface area contributed by atoms with Gasteiger partial charge in [-0.3, -0.25) is 0 Å². The van der Waals surface area contributed by atoms with Gasteiger partial charge in [0.05, 0.1) is 6.10 Å². The van der Waals surface area contributed by atoms with Gasteiger partial charge in [0.25, 0.3) is 0 Å². The van der Waals surface area contributed by atoms with Gasteiger partial charge in [-0.15, -0.1) is 0 Å². The minimum atomic E-state index is 0.179. The molecule has 0 saturated carbocycles. The van der Waals surface area contributed by atoms with Crippen molar-refractivity contribution in [1.82, 2.24) is 9.88 Å². The number of benzene rings is 1. The molecule has 1 N–H and O–H groups in total. The average molecular weight is 244 g/mol. The molecule has 1 aromatic carbocycles. The van der Waals surface area contributed by atoms with Crippen molar-refractivity contribution in [1.29, 1.82) is 0 Å². The molecule has 0 amide bonds. The largest absolute Gasteiger partial charge is 0.372 e. The Kier molecular flexibility index (Phi) is 3.10. The number of aryl methyl sites for hydroxylation is 1. The minimum absolute atomic E-state index is 0.179. The SMILES string of the molecule is Cc1c(C2CNCCCO2)c2ccccc2n1C. The van der Waals surface area contributed by atoms with E-state index in [1.807, 2.05) is 0 Å². The molecule has 0 radical (unpaired) electrons. The van der Waals surface area contributed by atoms with E-state index in [1.54, 1.807) is 0 Å². The normalized spacial score (nSPS) is 21.1. The molecule has 1 aliphatic heterocycles. The van der Waals surface area contributed by atoms with Crippen molar-refractivity contribution in [2.24, 2.45) is 7.05 Å². The van der Waals surface area contributed by atoms with Gasteiger partial charge in [-0.25, -0.2) is 0 Å². The fraction of sp³-hybridized carbons (Fsp3) is 0.467. The second-order valence-electron chi connectivity index (χ2n) is 4.99. The Balaban J connectivity index is 2.12. The number of rotatable bonds is 1. The van der Waals surface area contributed by atoms with Crippen LogP contribution in [-0.4, -0.2) is 24.3 Å². The zero-order chi connectivity index (χ0) is 12.5. The van der Waals surface area contributed by atoms with E-state index >= 15 is 0 Å². The Morgan fingerprint density at radius 2 is 2.17 bits per heavy atom. The third kappa shape index (κ3) is 1.84. The first-order chi connectivity index (χ1) is 8.79. The van der Waals surface area contributed by atoms with Gasteiger partial charge >= 0.3 is 0 Å². The van der Waals surface area contributed by atoms with Gasteiger partial charge in [-0.2, -0.15) is 0 Å². The number of nitrogens with one attached hydrogen (secondary N) is 1. The summed E-state index contributed by atoms with van der Waals surface area (Å²) in [5, 5.41) is 4.79. The lowest BCUT2D eigenvalue weighted by Crippen LogP contribution is -2.20. The highest BCUT2D eigenvalue weighted by Gasteiger charge is 2.22. The molecule has 1 aromatic heterocycles. The zero-order valence-electron chi connectivity index (χ0n) is 11.1. The van der Waals surface area contributed by atoms with Crippen LogP contribution in [0.2, 0.25) is 0 Å². The number of hydrogen-bond donors (Lipinski definition) is 1. The van der Waals surface area contributed by atoms with E-state index in [-0.39, 0.29) is 6.10 Å². The summed E-state index contributed by atoms with van der Waals surface area (Å²) in [4.78, 5) is 0. The number of nitrogens with zero attached hydrogens (tertiary/aromatic N) is 1. The van der Waals surface area contributed by atoms with Gasteiger partial charge in [0.1, 0.15) is 0 Å². The summed E-state index contributed by atoms with van der Waals surface area (Å²) >= 11 is 0. The highest BCUT2D eigenvalue weighted by Crippen LogP contribution is 2.32. The van der Waals surface area contributed by atoms with Crippen LogP contribution in [0.1, 0.15) is 23.8 Å². The average Bonchev–Trinajstić information content (AvgIpc) is 2.61. The molecule has 3 nitrogen and oxygen atoms in total.